The van der Waals surface area contributed by atoms with Crippen LogP contribution in [0.4, 0.5) is 0 Å². The molecule has 8 heteroatoms. The van der Waals surface area contributed by atoms with E-state index < -0.39 is 0 Å². The molecule has 0 bridgehead atoms. The van der Waals surface area contributed by atoms with Crippen LogP contribution in [0, 0.1) is 0 Å². The molecule has 0 amide bonds. The number of likely N-dealkylation sites (tertiary alicyclic amines) is 1. The highest BCUT2D eigenvalue weighted by Gasteiger charge is 2.03. The number of rotatable bonds is 0. The summed E-state index contributed by atoms with van der Waals surface area (Å²) in [6.45, 7) is 69.2. The summed E-state index contributed by atoms with van der Waals surface area (Å²) in [6, 6.07) is 7.89. The summed E-state index contributed by atoms with van der Waals surface area (Å²) in [4.78, 5) is 17.5. The maximum absolute atomic E-state index is 3.96. The van der Waals surface area contributed by atoms with Crippen molar-refractivity contribution in [3.8, 4) is 0 Å². The van der Waals surface area contributed by atoms with Crippen LogP contribution < -0.4 is 0 Å². The number of nitrogens with one attached hydrogen (secondary N) is 1. The number of likely N-dealkylation sites (N-methyl/N-ethyl adjacent to an activating group) is 2. The van der Waals surface area contributed by atoms with Crippen molar-refractivity contribution in [2.75, 3.05) is 80.5 Å². The molecule has 10 rings (SSSR count). The van der Waals surface area contributed by atoms with Crippen LogP contribution in [0.15, 0.2) is 120 Å². The van der Waals surface area contributed by atoms with E-state index in [1.54, 1.807) is 6.21 Å². The van der Waals surface area contributed by atoms with E-state index in [1.165, 1.54) is 103 Å². The van der Waals surface area contributed by atoms with E-state index in [0.29, 0.717) is 0 Å². The maximum atomic E-state index is 3.96. The molecule has 8 aliphatic rings. The van der Waals surface area contributed by atoms with Gasteiger partial charge in [0.1, 0.15) is 7.05 Å². The van der Waals surface area contributed by atoms with Crippen molar-refractivity contribution in [1.29, 1.82) is 0 Å². The quantitative estimate of drug-likeness (QED) is 0.211. The van der Waals surface area contributed by atoms with Crippen molar-refractivity contribution < 1.29 is 4.58 Å². The Morgan fingerprint density at radius 3 is 0.919 bits per heavy atom. The Balaban J connectivity index is -0.0000000431. The van der Waals surface area contributed by atoms with Gasteiger partial charge in [-0.3, -0.25) is 14.9 Å². The van der Waals surface area contributed by atoms with Crippen molar-refractivity contribution >= 4 is 18.6 Å². The van der Waals surface area contributed by atoms with E-state index in [4.69, 9.17) is 0 Å². The predicted octanol–water partition coefficient (Wildman–Crippen LogP) is 25.5. The van der Waals surface area contributed by atoms with Gasteiger partial charge in [-0.25, -0.2) is 4.58 Å². The highest BCUT2D eigenvalue weighted by atomic mass is 15.1. The first kappa shape index (κ1) is 124. The van der Waals surface area contributed by atoms with E-state index in [0.717, 1.165) is 32.7 Å². The first-order valence-corrected chi connectivity index (χ1v) is 36.0. The Hall–Kier alpha value is -4.01. The Bertz CT molecular complexity index is 1240. The van der Waals surface area contributed by atoms with Crippen molar-refractivity contribution in [1.82, 2.24) is 24.3 Å². The normalized spacial score (nSPS) is 13.0. The lowest BCUT2D eigenvalue weighted by molar-refractivity contribution is -0.477. The number of nitrogens with zero attached hydrogens (tertiary/aromatic N) is 7. The lowest BCUT2D eigenvalue weighted by atomic mass is 10.4. The summed E-state index contributed by atoms with van der Waals surface area (Å²) in [5.41, 5.74) is 0. The molecule has 8 heterocycles. The second kappa shape index (κ2) is 165. The van der Waals surface area contributed by atoms with E-state index in [9.17, 15) is 0 Å². The van der Waals surface area contributed by atoms with Gasteiger partial charge in [0.05, 0.1) is 6.54 Å². The molecule has 0 unspecified atom stereocenters. The fourth-order valence-electron chi connectivity index (χ4n) is 5.49. The zero-order valence-electron chi connectivity index (χ0n) is 65.6. The molecule has 0 spiro atoms. The van der Waals surface area contributed by atoms with Crippen LogP contribution in [0.5, 0.6) is 0 Å². The fraction of sp³-hybridized carbons (Fsp3) is 0.731. The van der Waals surface area contributed by atoms with E-state index in [-0.39, 0.29) is 7.43 Å². The van der Waals surface area contributed by atoms with Crippen molar-refractivity contribution in [3.63, 3.8) is 0 Å². The second-order valence-electron chi connectivity index (χ2n) is 14.5. The standard InChI is InChI=1S/C5H11N.2C5H9N.C5H8N.C5H7N.C5H10.C5H8.C4H7N.2C4H5N.15C2H6.CH4/c5*1-6-4-2-3-5-6;5*1-2-4-5-3-1;15*1-2;/h2-5H2,1H3;2,4H,3,5H2,1H3;2-3H,4-5H2,1H3;2-4H,5H2,1H3;2-5H,1H3;1-5H2;1-2H,3-5H2;3H,1-2,4H2;1-3H,4H2;1-5H;15*1-2H3;1H4/q;;;+1;;;;;;;;;;;;;;;;;;;;;;. The third kappa shape index (κ3) is 159. The number of aromatic nitrogens is 2. The highest BCUT2D eigenvalue weighted by molar-refractivity contribution is 5.73. The highest BCUT2D eigenvalue weighted by Crippen LogP contribution is 2.15. The van der Waals surface area contributed by atoms with Gasteiger partial charge >= 0.3 is 0 Å². The smallest absolute Gasteiger partial charge is 0.163 e. The van der Waals surface area contributed by atoms with E-state index in [1.807, 2.05) is 287 Å². The molecule has 6 aliphatic heterocycles. The lowest BCUT2D eigenvalue weighted by Crippen LogP contribution is -2.11. The summed E-state index contributed by atoms with van der Waals surface area (Å²) < 4.78 is 4.12. The molecule has 524 valence electrons. The van der Waals surface area contributed by atoms with Gasteiger partial charge in [0.25, 0.3) is 0 Å². The lowest BCUT2D eigenvalue weighted by Gasteiger charge is -2.02. The molecule has 2 aliphatic carbocycles. The average molecular weight is 1220 g/mol. The topological polar surface area (TPSA) is 58.2 Å². The minimum absolute atomic E-state index is 0. The van der Waals surface area contributed by atoms with Crippen LogP contribution in [-0.4, -0.2) is 128 Å². The summed E-state index contributed by atoms with van der Waals surface area (Å²) in [5.74, 6) is 0. The molecule has 2 aromatic rings. The van der Waals surface area contributed by atoms with Crippen LogP contribution in [-0.2, 0) is 7.05 Å². The SMILES string of the molecule is C.C1=CCCC1.C1=CCN=C1.C1=NCCC1.C1CCCC1.CC.CC.CC.CC.CC.CC.CC.CC.CC.CC.CC.CC.CC.CC.CC.CN1C=CCC1.CN1CC=CC1.CN1CCCC1.C[N+]1=CC=CC1.Cn1cccc1.c1cc[nH]c1. The Kier molecular flexibility index (Phi) is 237. The van der Waals surface area contributed by atoms with Gasteiger partial charge in [-0.2, -0.15) is 0 Å². The summed E-state index contributed by atoms with van der Waals surface area (Å²) >= 11 is 0. The first-order valence-electron chi connectivity index (χ1n) is 36.0. The van der Waals surface area contributed by atoms with E-state index >= 15 is 0 Å². The number of H-pyrrole nitrogens is 1. The van der Waals surface area contributed by atoms with Crippen molar-refractivity contribution in [3.05, 3.63) is 110 Å². The third-order valence-corrected chi connectivity index (χ3v) is 8.90. The predicted molar refractivity (Wildman–Crippen MR) is 420 cm³/mol. The van der Waals surface area contributed by atoms with Crippen LogP contribution >= 0.6 is 0 Å². The molecule has 86 heavy (non-hydrogen) atoms. The number of aliphatic imine (C=N–C) groups is 2. The maximum Gasteiger partial charge on any atom is 0.163 e. The van der Waals surface area contributed by atoms with Gasteiger partial charge in [0, 0.05) is 77.4 Å². The molecule has 0 atom stereocenters. The zero-order valence-corrected chi connectivity index (χ0v) is 65.6. The molecular formula is C78H173N8+. The Morgan fingerprint density at radius 1 is 0.384 bits per heavy atom. The van der Waals surface area contributed by atoms with Gasteiger partial charge in [0.2, 0.25) is 0 Å². The Morgan fingerprint density at radius 2 is 0.802 bits per heavy atom. The minimum atomic E-state index is 0. The molecule has 1 saturated carbocycles. The van der Waals surface area contributed by atoms with Crippen molar-refractivity contribution in [2.24, 2.45) is 17.0 Å². The van der Waals surface area contributed by atoms with Gasteiger partial charge in [-0.15, -0.1) is 0 Å². The molecule has 1 N–H and O–H groups in total. The molecule has 2 fully saturated rings. The molecule has 0 aromatic carbocycles. The van der Waals surface area contributed by atoms with Crippen LogP contribution in [0.1, 0.15) is 299 Å². The number of aromatic amines is 1. The van der Waals surface area contributed by atoms with Crippen LogP contribution in [0.25, 0.3) is 0 Å². The van der Waals surface area contributed by atoms with E-state index in [2.05, 4.69) is 117 Å². The van der Waals surface area contributed by atoms with Crippen LogP contribution in [0.2, 0.25) is 0 Å². The van der Waals surface area contributed by atoms with Crippen molar-refractivity contribution in [2.45, 2.75) is 299 Å². The largest absolute Gasteiger partial charge is 0.380 e. The summed E-state index contributed by atoms with van der Waals surface area (Å²) in [5, 5.41) is 0. The number of hydrogen-bond acceptors (Lipinski definition) is 5. The molecule has 0 radical (unpaired) electrons. The van der Waals surface area contributed by atoms with Gasteiger partial charge in [0.15, 0.2) is 12.8 Å². The summed E-state index contributed by atoms with van der Waals surface area (Å²) in [6.07, 6.45) is 52.9. The number of aryl methyl sites for hydroxylation is 1. The monoisotopic (exact) mass is 1220 g/mol. The second-order valence-corrected chi connectivity index (χ2v) is 14.5. The van der Waals surface area contributed by atoms with Gasteiger partial charge in [-0.05, 0) is 127 Å². The molecule has 1 saturated heterocycles. The van der Waals surface area contributed by atoms with Gasteiger partial charge in [-0.1, -0.05) is 284 Å². The fourth-order valence-corrected chi connectivity index (χ4v) is 5.49. The first-order chi connectivity index (χ1) is 42.0. The average Bonchev–Trinajstić information content (AvgIpc) is 4.42. The summed E-state index contributed by atoms with van der Waals surface area (Å²) in [7, 11) is 10.4. The number of hydrogen-bond donors (Lipinski definition) is 1. The molecule has 2 aromatic heterocycles. The molecular weight excluding hydrogens is 1050 g/mol. The minimum Gasteiger partial charge on any atom is -0.380 e. The zero-order chi connectivity index (χ0) is 69.7. The number of allylic oxidation sites excluding steroid dienone is 4. The molecule has 8 nitrogen and oxygen atoms in total. The van der Waals surface area contributed by atoms with Crippen LogP contribution in [0.3, 0.4) is 0 Å². The third-order valence-electron chi connectivity index (χ3n) is 8.90. The van der Waals surface area contributed by atoms with Gasteiger partial charge < -0.3 is 19.4 Å². The Labute approximate surface area is 550 Å².